The van der Waals surface area contributed by atoms with Crippen LogP contribution in [0.25, 0.3) is 10.8 Å². The summed E-state index contributed by atoms with van der Waals surface area (Å²) in [6.45, 7) is 1.09. The van der Waals surface area contributed by atoms with Crippen molar-refractivity contribution in [3.63, 3.8) is 0 Å². The Morgan fingerprint density at radius 3 is 2.91 bits per heavy atom. The predicted octanol–water partition coefficient (Wildman–Crippen LogP) is 2.44. The second kappa shape index (κ2) is 5.59. The summed E-state index contributed by atoms with van der Waals surface area (Å²) in [6.07, 6.45) is 2.95. The number of carboxylic acids is 1. The summed E-state index contributed by atoms with van der Waals surface area (Å²) < 4.78 is 0. The number of pyridine rings is 1. The second-order valence-electron chi connectivity index (χ2n) is 5.39. The SMILES string of the molecule is O=C(O)C1CCCN(c2nccc3c([N+](=O)[O-])cccc23)C1. The van der Waals surface area contributed by atoms with E-state index in [1.807, 2.05) is 4.90 Å². The Labute approximate surface area is 126 Å². The van der Waals surface area contributed by atoms with E-state index in [0.29, 0.717) is 36.1 Å². The molecule has 0 bridgehead atoms. The molecule has 22 heavy (non-hydrogen) atoms. The number of anilines is 1. The van der Waals surface area contributed by atoms with E-state index in [2.05, 4.69) is 4.98 Å². The topological polar surface area (TPSA) is 96.6 Å². The molecule has 0 spiro atoms. The molecule has 3 rings (SSSR count). The molecule has 1 aromatic heterocycles. The van der Waals surface area contributed by atoms with Gasteiger partial charge >= 0.3 is 5.97 Å². The van der Waals surface area contributed by atoms with E-state index in [-0.39, 0.29) is 5.69 Å². The molecule has 7 nitrogen and oxygen atoms in total. The van der Waals surface area contributed by atoms with Crippen molar-refractivity contribution in [3.05, 3.63) is 40.6 Å². The maximum atomic E-state index is 11.2. The number of nitro benzene ring substituents is 1. The first kappa shape index (κ1) is 14.2. The third-order valence-corrected chi connectivity index (χ3v) is 4.03. The van der Waals surface area contributed by atoms with E-state index >= 15 is 0 Å². The van der Waals surface area contributed by atoms with Gasteiger partial charge in [-0.05, 0) is 18.9 Å². The molecule has 0 radical (unpaired) electrons. The highest BCUT2D eigenvalue weighted by atomic mass is 16.6. The molecule has 1 N–H and O–H groups in total. The number of aliphatic carboxylic acids is 1. The number of nitrogens with zero attached hydrogens (tertiary/aromatic N) is 3. The number of hydrogen-bond acceptors (Lipinski definition) is 5. The lowest BCUT2D eigenvalue weighted by Crippen LogP contribution is -2.39. The number of fused-ring (bicyclic) bond motifs is 1. The quantitative estimate of drug-likeness (QED) is 0.691. The Hall–Kier alpha value is -2.70. The van der Waals surface area contributed by atoms with E-state index in [9.17, 15) is 20.0 Å². The van der Waals surface area contributed by atoms with Crippen LogP contribution in [0.5, 0.6) is 0 Å². The van der Waals surface area contributed by atoms with Crippen molar-refractivity contribution in [1.82, 2.24) is 4.98 Å². The summed E-state index contributed by atoms with van der Waals surface area (Å²) in [5.41, 5.74) is 0.0351. The number of nitro groups is 1. The normalized spacial score (nSPS) is 18.4. The molecule has 2 heterocycles. The fourth-order valence-corrected chi connectivity index (χ4v) is 2.96. The molecule has 0 saturated carbocycles. The molecule has 1 saturated heterocycles. The smallest absolute Gasteiger partial charge is 0.308 e. The number of carbonyl (C=O) groups is 1. The van der Waals surface area contributed by atoms with E-state index in [1.165, 1.54) is 12.3 Å². The third kappa shape index (κ3) is 2.45. The predicted molar refractivity (Wildman–Crippen MR) is 81.0 cm³/mol. The first-order valence-corrected chi connectivity index (χ1v) is 7.08. The summed E-state index contributed by atoms with van der Waals surface area (Å²) in [4.78, 5) is 28.2. The largest absolute Gasteiger partial charge is 0.481 e. The number of non-ortho nitro benzene ring substituents is 1. The lowest BCUT2D eigenvalue weighted by atomic mass is 9.98. The molecule has 1 aliphatic rings. The lowest BCUT2D eigenvalue weighted by molar-refractivity contribution is -0.383. The summed E-state index contributed by atoms with van der Waals surface area (Å²) in [7, 11) is 0. The molecule has 1 unspecified atom stereocenters. The van der Waals surface area contributed by atoms with Gasteiger partial charge in [0.05, 0.1) is 16.2 Å². The zero-order chi connectivity index (χ0) is 15.7. The standard InChI is InChI=1S/C15H15N3O4/c19-15(20)10-3-2-8-17(9-10)14-12-4-1-5-13(18(21)22)11(12)6-7-16-14/h1,4-7,10H,2-3,8-9H2,(H,19,20). The Balaban J connectivity index is 2.06. The molecule has 0 amide bonds. The molecular weight excluding hydrogens is 286 g/mol. The number of benzene rings is 1. The van der Waals surface area contributed by atoms with Gasteiger partial charge in [0.1, 0.15) is 5.82 Å². The van der Waals surface area contributed by atoms with Gasteiger partial charge in [-0.3, -0.25) is 14.9 Å². The molecule has 114 valence electrons. The van der Waals surface area contributed by atoms with Gasteiger partial charge in [-0.2, -0.15) is 0 Å². The number of hydrogen-bond donors (Lipinski definition) is 1. The fourth-order valence-electron chi connectivity index (χ4n) is 2.96. The second-order valence-corrected chi connectivity index (χ2v) is 5.39. The van der Waals surface area contributed by atoms with Gasteiger partial charge in [0.25, 0.3) is 5.69 Å². The van der Waals surface area contributed by atoms with Crippen molar-refractivity contribution in [2.24, 2.45) is 5.92 Å². The molecule has 1 aliphatic heterocycles. The average molecular weight is 301 g/mol. The van der Waals surface area contributed by atoms with E-state index in [0.717, 1.165) is 6.42 Å². The van der Waals surface area contributed by atoms with Crippen molar-refractivity contribution in [1.29, 1.82) is 0 Å². The summed E-state index contributed by atoms with van der Waals surface area (Å²) in [6, 6.07) is 6.50. The van der Waals surface area contributed by atoms with Crippen LogP contribution in [0.1, 0.15) is 12.8 Å². The lowest BCUT2D eigenvalue weighted by Gasteiger charge is -2.32. The minimum Gasteiger partial charge on any atom is -0.481 e. The summed E-state index contributed by atoms with van der Waals surface area (Å²) in [5, 5.41) is 21.5. The van der Waals surface area contributed by atoms with Crippen molar-refractivity contribution in [3.8, 4) is 0 Å². The zero-order valence-corrected chi connectivity index (χ0v) is 11.8. The molecule has 2 aromatic rings. The van der Waals surface area contributed by atoms with Gasteiger partial charge in [0.15, 0.2) is 0 Å². The number of aromatic nitrogens is 1. The van der Waals surface area contributed by atoms with Crippen molar-refractivity contribution < 1.29 is 14.8 Å². The van der Waals surface area contributed by atoms with Crippen LogP contribution < -0.4 is 4.90 Å². The van der Waals surface area contributed by atoms with Crippen LogP contribution in [0.2, 0.25) is 0 Å². The zero-order valence-electron chi connectivity index (χ0n) is 11.8. The van der Waals surface area contributed by atoms with Crippen molar-refractivity contribution in [2.75, 3.05) is 18.0 Å². The molecule has 1 fully saturated rings. The van der Waals surface area contributed by atoms with Gasteiger partial charge in [0, 0.05) is 30.7 Å². The van der Waals surface area contributed by atoms with E-state index in [4.69, 9.17) is 0 Å². The van der Waals surface area contributed by atoms with Gasteiger partial charge < -0.3 is 10.0 Å². The fraction of sp³-hybridized carbons (Fsp3) is 0.333. The van der Waals surface area contributed by atoms with Gasteiger partial charge in [0.2, 0.25) is 0 Å². The molecule has 1 atom stereocenters. The van der Waals surface area contributed by atoms with Crippen LogP contribution in [0.3, 0.4) is 0 Å². The van der Waals surface area contributed by atoms with Crippen molar-refractivity contribution in [2.45, 2.75) is 12.8 Å². The number of rotatable bonds is 3. The van der Waals surface area contributed by atoms with E-state index in [1.54, 1.807) is 18.2 Å². The van der Waals surface area contributed by atoms with Crippen LogP contribution in [0.4, 0.5) is 11.5 Å². The number of carboxylic acid groups (broad SMARTS) is 1. The van der Waals surface area contributed by atoms with E-state index < -0.39 is 16.8 Å². The minimum absolute atomic E-state index is 0.0351. The monoisotopic (exact) mass is 301 g/mol. The highest BCUT2D eigenvalue weighted by Gasteiger charge is 2.27. The maximum Gasteiger partial charge on any atom is 0.308 e. The van der Waals surface area contributed by atoms with Gasteiger partial charge in [-0.1, -0.05) is 12.1 Å². The van der Waals surface area contributed by atoms with Crippen LogP contribution in [0, 0.1) is 16.0 Å². The summed E-state index contributed by atoms with van der Waals surface area (Å²) >= 11 is 0. The van der Waals surface area contributed by atoms with Crippen molar-refractivity contribution >= 4 is 28.2 Å². The summed E-state index contributed by atoms with van der Waals surface area (Å²) in [5.74, 6) is -0.618. The first-order chi connectivity index (χ1) is 10.6. The highest BCUT2D eigenvalue weighted by molar-refractivity contribution is 5.98. The Morgan fingerprint density at radius 2 is 2.18 bits per heavy atom. The Bertz CT molecular complexity index is 747. The van der Waals surface area contributed by atoms with Gasteiger partial charge in [-0.25, -0.2) is 4.98 Å². The molecule has 7 heteroatoms. The van der Waals surface area contributed by atoms with Crippen LogP contribution in [0.15, 0.2) is 30.5 Å². The molecular formula is C15H15N3O4. The average Bonchev–Trinajstić information content (AvgIpc) is 2.53. The third-order valence-electron chi connectivity index (χ3n) is 4.03. The number of piperidine rings is 1. The van der Waals surface area contributed by atoms with Crippen LogP contribution in [-0.2, 0) is 4.79 Å². The maximum absolute atomic E-state index is 11.2. The minimum atomic E-state index is -0.809. The highest BCUT2D eigenvalue weighted by Crippen LogP contribution is 2.32. The first-order valence-electron chi connectivity index (χ1n) is 7.08. The molecule has 0 aliphatic carbocycles. The Morgan fingerprint density at radius 1 is 1.36 bits per heavy atom. The molecule has 1 aromatic carbocycles. The van der Waals surface area contributed by atoms with Gasteiger partial charge in [-0.15, -0.1) is 0 Å². The Kier molecular flexibility index (Phi) is 3.62. The van der Waals surface area contributed by atoms with Crippen LogP contribution >= 0.6 is 0 Å². The van der Waals surface area contributed by atoms with Crippen LogP contribution in [-0.4, -0.2) is 34.1 Å².